The fraction of sp³-hybridized carbons (Fsp3) is 0.375. The van der Waals surface area contributed by atoms with Crippen LogP contribution >= 0.6 is 0 Å². The van der Waals surface area contributed by atoms with Gasteiger partial charge in [-0.05, 0) is 43.5 Å². The average molecular weight is 291 g/mol. The zero-order chi connectivity index (χ0) is 15.4. The molecule has 1 fully saturated rings. The Labute approximate surface area is 123 Å². The molecule has 1 aromatic rings. The van der Waals surface area contributed by atoms with Crippen molar-refractivity contribution in [2.75, 3.05) is 13.7 Å². The van der Waals surface area contributed by atoms with Gasteiger partial charge in [-0.2, -0.15) is 0 Å². The summed E-state index contributed by atoms with van der Waals surface area (Å²) in [6, 6.07) is 6.02. The maximum Gasteiger partial charge on any atom is 0.325 e. The van der Waals surface area contributed by atoms with E-state index in [1.54, 1.807) is 30.0 Å². The summed E-state index contributed by atoms with van der Waals surface area (Å²) in [5, 5.41) is 0. The molecule has 0 atom stereocenters. The largest absolute Gasteiger partial charge is 0.468 e. The van der Waals surface area contributed by atoms with Crippen molar-refractivity contribution in [3.8, 4) is 0 Å². The first-order chi connectivity index (χ1) is 10.0. The van der Waals surface area contributed by atoms with Crippen LogP contribution in [-0.4, -0.2) is 36.5 Å². The molecule has 1 aliphatic rings. The maximum absolute atomic E-state index is 12.9. The van der Waals surface area contributed by atoms with Crippen molar-refractivity contribution in [1.29, 1.82) is 0 Å². The van der Waals surface area contributed by atoms with Crippen LogP contribution in [0.2, 0.25) is 0 Å². The Hall–Kier alpha value is -2.17. The normalized spacial score (nSPS) is 14.7. The van der Waals surface area contributed by atoms with Gasteiger partial charge in [0.1, 0.15) is 12.4 Å². The molecule has 2 rings (SSSR count). The molecule has 4 nitrogen and oxygen atoms in total. The van der Waals surface area contributed by atoms with Crippen LogP contribution in [-0.2, 0) is 14.3 Å². The molecule has 0 spiro atoms. The van der Waals surface area contributed by atoms with Crippen LogP contribution in [0.4, 0.5) is 4.39 Å². The fourth-order valence-corrected chi connectivity index (χ4v) is 2.05. The highest BCUT2D eigenvalue weighted by atomic mass is 19.1. The number of amides is 1. The molecule has 1 aromatic carbocycles. The first kappa shape index (κ1) is 15.2. The fourth-order valence-electron chi connectivity index (χ4n) is 2.05. The minimum absolute atomic E-state index is 0.0331. The number of esters is 1. The van der Waals surface area contributed by atoms with Crippen LogP contribution in [0.15, 0.2) is 29.8 Å². The number of nitrogens with zero attached hydrogens (tertiary/aromatic N) is 1. The first-order valence-electron chi connectivity index (χ1n) is 6.83. The standard InChI is InChI=1S/C16H18FNO3/c1-11(9-12-3-5-13(17)6-4-12)16(20)18(14-7-8-14)10-15(19)21-2/h3-6,9,14H,7-8,10H2,1-2H3/b11-9+. The van der Waals surface area contributed by atoms with Crippen LogP contribution in [0, 0.1) is 5.82 Å². The van der Waals surface area contributed by atoms with Crippen LogP contribution in [0.1, 0.15) is 25.3 Å². The van der Waals surface area contributed by atoms with Crippen molar-refractivity contribution in [2.24, 2.45) is 0 Å². The maximum atomic E-state index is 12.9. The Bertz CT molecular complexity index is 561. The van der Waals surface area contributed by atoms with E-state index in [0.29, 0.717) is 5.57 Å². The Morgan fingerprint density at radius 3 is 2.48 bits per heavy atom. The van der Waals surface area contributed by atoms with Gasteiger partial charge in [-0.3, -0.25) is 9.59 Å². The Morgan fingerprint density at radius 2 is 1.95 bits per heavy atom. The van der Waals surface area contributed by atoms with Crippen molar-refractivity contribution in [3.63, 3.8) is 0 Å². The first-order valence-corrected chi connectivity index (χ1v) is 6.83. The second-order valence-corrected chi connectivity index (χ2v) is 5.12. The molecule has 0 aromatic heterocycles. The molecule has 1 aliphatic carbocycles. The van der Waals surface area contributed by atoms with Gasteiger partial charge in [-0.15, -0.1) is 0 Å². The minimum Gasteiger partial charge on any atom is -0.468 e. The average Bonchev–Trinajstić information content (AvgIpc) is 3.30. The highest BCUT2D eigenvalue weighted by Crippen LogP contribution is 2.28. The van der Waals surface area contributed by atoms with Crippen molar-refractivity contribution in [3.05, 3.63) is 41.2 Å². The van der Waals surface area contributed by atoms with E-state index >= 15 is 0 Å². The summed E-state index contributed by atoms with van der Waals surface area (Å²) in [5.41, 5.74) is 1.26. The Balaban J connectivity index is 2.11. The lowest BCUT2D eigenvalue weighted by Gasteiger charge is -2.21. The molecule has 0 N–H and O–H groups in total. The molecule has 0 saturated heterocycles. The molecule has 1 amide bonds. The molecular formula is C16H18FNO3. The quantitative estimate of drug-likeness (QED) is 0.618. The van der Waals surface area contributed by atoms with Crippen LogP contribution in [0.3, 0.4) is 0 Å². The zero-order valence-corrected chi connectivity index (χ0v) is 12.1. The van der Waals surface area contributed by atoms with E-state index < -0.39 is 5.97 Å². The van der Waals surface area contributed by atoms with Crippen LogP contribution in [0.5, 0.6) is 0 Å². The van der Waals surface area contributed by atoms with Crippen molar-refractivity contribution in [1.82, 2.24) is 4.90 Å². The number of carbonyl (C=O) groups is 2. The highest BCUT2D eigenvalue weighted by Gasteiger charge is 2.34. The van der Waals surface area contributed by atoms with Gasteiger partial charge < -0.3 is 9.64 Å². The minimum atomic E-state index is -0.426. The summed E-state index contributed by atoms with van der Waals surface area (Å²) in [6.07, 6.45) is 3.51. The number of methoxy groups -OCH3 is 1. The summed E-state index contributed by atoms with van der Waals surface area (Å²) >= 11 is 0. The van der Waals surface area contributed by atoms with E-state index in [1.165, 1.54) is 19.2 Å². The van der Waals surface area contributed by atoms with Crippen molar-refractivity contribution < 1.29 is 18.7 Å². The molecule has 5 heteroatoms. The lowest BCUT2D eigenvalue weighted by molar-refractivity contribution is -0.146. The summed E-state index contributed by atoms with van der Waals surface area (Å²) < 4.78 is 17.5. The Morgan fingerprint density at radius 1 is 1.33 bits per heavy atom. The van der Waals surface area contributed by atoms with Gasteiger partial charge in [-0.25, -0.2) is 4.39 Å². The summed E-state index contributed by atoms with van der Waals surface area (Å²) in [4.78, 5) is 25.4. The van der Waals surface area contributed by atoms with Gasteiger partial charge in [0.15, 0.2) is 0 Å². The number of halogens is 1. The van der Waals surface area contributed by atoms with Gasteiger partial charge in [0.25, 0.3) is 0 Å². The van der Waals surface area contributed by atoms with E-state index in [-0.39, 0.29) is 24.3 Å². The van der Waals surface area contributed by atoms with Crippen molar-refractivity contribution >= 4 is 18.0 Å². The third kappa shape index (κ3) is 4.15. The monoisotopic (exact) mass is 291 g/mol. The topological polar surface area (TPSA) is 46.6 Å². The molecule has 0 bridgehead atoms. The number of ether oxygens (including phenoxy) is 1. The Kier molecular flexibility index (Phi) is 4.73. The third-order valence-corrected chi connectivity index (χ3v) is 3.37. The van der Waals surface area contributed by atoms with E-state index in [4.69, 9.17) is 0 Å². The zero-order valence-electron chi connectivity index (χ0n) is 12.1. The van der Waals surface area contributed by atoms with E-state index in [9.17, 15) is 14.0 Å². The van der Waals surface area contributed by atoms with Gasteiger partial charge in [-0.1, -0.05) is 12.1 Å². The number of hydrogen-bond donors (Lipinski definition) is 0. The lowest BCUT2D eigenvalue weighted by Crippen LogP contribution is -2.38. The van der Waals surface area contributed by atoms with Crippen LogP contribution < -0.4 is 0 Å². The molecule has 0 radical (unpaired) electrons. The molecule has 112 valence electrons. The predicted octanol–water partition coefficient (Wildman–Crippen LogP) is 2.39. The summed E-state index contributed by atoms with van der Waals surface area (Å²) in [5.74, 6) is -0.932. The molecule has 0 heterocycles. The van der Waals surface area contributed by atoms with Crippen LogP contribution in [0.25, 0.3) is 6.08 Å². The third-order valence-electron chi connectivity index (χ3n) is 3.37. The second kappa shape index (κ2) is 6.52. The van der Waals surface area contributed by atoms with E-state index in [0.717, 1.165) is 18.4 Å². The SMILES string of the molecule is COC(=O)CN(C(=O)/C(C)=C/c1ccc(F)cc1)C1CC1. The van der Waals surface area contributed by atoms with Gasteiger partial charge in [0.05, 0.1) is 7.11 Å². The number of hydrogen-bond acceptors (Lipinski definition) is 3. The lowest BCUT2D eigenvalue weighted by atomic mass is 10.1. The number of rotatable bonds is 5. The van der Waals surface area contributed by atoms with E-state index in [1.807, 2.05) is 0 Å². The predicted molar refractivity (Wildman–Crippen MR) is 76.8 cm³/mol. The molecule has 21 heavy (non-hydrogen) atoms. The molecule has 0 unspecified atom stereocenters. The number of carbonyl (C=O) groups excluding carboxylic acids is 2. The highest BCUT2D eigenvalue weighted by molar-refractivity contribution is 5.99. The number of benzene rings is 1. The summed E-state index contributed by atoms with van der Waals surface area (Å²) in [6.45, 7) is 1.66. The second-order valence-electron chi connectivity index (χ2n) is 5.12. The van der Waals surface area contributed by atoms with E-state index in [2.05, 4.69) is 4.74 Å². The smallest absolute Gasteiger partial charge is 0.325 e. The summed E-state index contributed by atoms with van der Waals surface area (Å²) in [7, 11) is 1.30. The molecular weight excluding hydrogens is 273 g/mol. The van der Waals surface area contributed by atoms with Gasteiger partial charge in [0, 0.05) is 11.6 Å². The van der Waals surface area contributed by atoms with Gasteiger partial charge >= 0.3 is 5.97 Å². The molecule has 1 saturated carbocycles. The van der Waals surface area contributed by atoms with Crippen molar-refractivity contribution in [2.45, 2.75) is 25.8 Å². The molecule has 0 aliphatic heterocycles. The van der Waals surface area contributed by atoms with Gasteiger partial charge in [0.2, 0.25) is 5.91 Å².